The molecular formula is C20H19ClN2O2. The number of nitrogens with zero attached hydrogens (tertiary/aromatic N) is 1. The van der Waals surface area contributed by atoms with Gasteiger partial charge in [0.15, 0.2) is 0 Å². The Labute approximate surface area is 151 Å². The number of nitrogens with one attached hydrogen (secondary N) is 1. The highest BCUT2D eigenvalue weighted by molar-refractivity contribution is 6.30. The van der Waals surface area contributed by atoms with Gasteiger partial charge < -0.3 is 4.42 Å². The third-order valence-electron chi connectivity index (χ3n) is 3.98. The Hall–Kier alpha value is -2.59. The standard InChI is InChI=1S/C20H19ClN2O2/c1-2-18(15-8-4-3-5-9-15)19(24)23-20-22-13-17(25-20)12-14-7-6-10-16(21)11-14/h3-11,13,18H,2,12H2,1H3,(H,22,23,24). The fourth-order valence-corrected chi connectivity index (χ4v) is 2.96. The highest BCUT2D eigenvalue weighted by Gasteiger charge is 2.20. The van der Waals surface area contributed by atoms with E-state index in [-0.39, 0.29) is 17.8 Å². The second-order valence-corrected chi connectivity index (χ2v) is 6.24. The largest absolute Gasteiger partial charge is 0.428 e. The van der Waals surface area contributed by atoms with Gasteiger partial charge in [-0.3, -0.25) is 10.1 Å². The van der Waals surface area contributed by atoms with Crippen LogP contribution in [0, 0.1) is 0 Å². The van der Waals surface area contributed by atoms with Crippen molar-refractivity contribution in [3.05, 3.63) is 82.7 Å². The number of oxazole rings is 1. The van der Waals surface area contributed by atoms with Crippen molar-refractivity contribution in [3.63, 3.8) is 0 Å². The normalized spacial score (nSPS) is 11.9. The molecule has 5 heteroatoms. The van der Waals surface area contributed by atoms with E-state index in [9.17, 15) is 4.79 Å². The van der Waals surface area contributed by atoms with Crippen LogP contribution in [0.1, 0.15) is 36.1 Å². The first-order valence-electron chi connectivity index (χ1n) is 8.20. The molecule has 1 heterocycles. The number of hydrogen-bond donors (Lipinski definition) is 1. The molecule has 0 saturated carbocycles. The number of benzene rings is 2. The SMILES string of the molecule is CCC(C(=O)Nc1ncc(Cc2cccc(Cl)c2)o1)c1ccccc1. The second kappa shape index (κ2) is 7.99. The van der Waals surface area contributed by atoms with Gasteiger partial charge in [0.1, 0.15) is 5.76 Å². The Morgan fingerprint density at radius 1 is 1.20 bits per heavy atom. The van der Waals surface area contributed by atoms with E-state index in [0.29, 0.717) is 23.6 Å². The van der Waals surface area contributed by atoms with Gasteiger partial charge in [0, 0.05) is 11.4 Å². The van der Waals surface area contributed by atoms with Gasteiger partial charge in [0.05, 0.1) is 12.1 Å². The molecule has 3 rings (SSSR count). The van der Waals surface area contributed by atoms with Crippen LogP contribution in [0.5, 0.6) is 0 Å². The molecule has 0 bridgehead atoms. The lowest BCUT2D eigenvalue weighted by molar-refractivity contribution is -0.117. The molecule has 0 saturated heterocycles. The summed E-state index contributed by atoms with van der Waals surface area (Å²) in [5.41, 5.74) is 2.01. The molecule has 0 aliphatic carbocycles. The lowest BCUT2D eigenvalue weighted by Crippen LogP contribution is -2.20. The van der Waals surface area contributed by atoms with E-state index < -0.39 is 0 Å². The Kier molecular flexibility index (Phi) is 5.51. The summed E-state index contributed by atoms with van der Waals surface area (Å²) in [5.74, 6) is 0.319. The van der Waals surface area contributed by atoms with E-state index in [1.165, 1.54) is 0 Å². The minimum atomic E-state index is -0.232. The first-order valence-corrected chi connectivity index (χ1v) is 8.58. The smallest absolute Gasteiger partial charge is 0.301 e. The molecule has 1 aromatic heterocycles. The number of halogens is 1. The first kappa shape index (κ1) is 17.2. The van der Waals surface area contributed by atoms with E-state index >= 15 is 0 Å². The van der Waals surface area contributed by atoms with E-state index in [2.05, 4.69) is 10.3 Å². The summed E-state index contributed by atoms with van der Waals surface area (Å²) in [7, 11) is 0. The van der Waals surface area contributed by atoms with Gasteiger partial charge in [0.25, 0.3) is 0 Å². The van der Waals surface area contributed by atoms with Crippen LogP contribution in [0.25, 0.3) is 0 Å². The monoisotopic (exact) mass is 354 g/mol. The van der Waals surface area contributed by atoms with Gasteiger partial charge >= 0.3 is 6.01 Å². The minimum Gasteiger partial charge on any atom is -0.428 e. The number of rotatable bonds is 6. The summed E-state index contributed by atoms with van der Waals surface area (Å²) in [6, 6.07) is 17.5. The molecule has 0 radical (unpaired) electrons. The van der Waals surface area contributed by atoms with Crippen molar-refractivity contribution in [2.45, 2.75) is 25.7 Å². The van der Waals surface area contributed by atoms with Gasteiger partial charge in [-0.1, -0.05) is 61.0 Å². The van der Waals surface area contributed by atoms with E-state index in [1.54, 1.807) is 6.20 Å². The van der Waals surface area contributed by atoms with Crippen molar-refractivity contribution in [1.29, 1.82) is 0 Å². The summed E-state index contributed by atoms with van der Waals surface area (Å²) in [4.78, 5) is 16.7. The number of anilines is 1. The zero-order valence-electron chi connectivity index (χ0n) is 13.9. The van der Waals surface area contributed by atoms with Crippen molar-refractivity contribution < 1.29 is 9.21 Å². The van der Waals surface area contributed by atoms with Crippen LogP contribution >= 0.6 is 11.6 Å². The average Bonchev–Trinajstić information content (AvgIpc) is 3.03. The molecule has 0 aliphatic heterocycles. The predicted molar refractivity (Wildman–Crippen MR) is 98.9 cm³/mol. The zero-order chi connectivity index (χ0) is 17.6. The summed E-state index contributed by atoms with van der Waals surface area (Å²) in [6.07, 6.45) is 2.89. The van der Waals surface area contributed by atoms with Crippen LogP contribution < -0.4 is 5.32 Å². The summed E-state index contributed by atoms with van der Waals surface area (Å²) in [6.45, 7) is 1.98. The average molecular weight is 355 g/mol. The number of hydrogen-bond acceptors (Lipinski definition) is 3. The molecule has 0 fully saturated rings. The van der Waals surface area contributed by atoms with Gasteiger partial charge in [-0.2, -0.15) is 0 Å². The molecule has 1 amide bonds. The summed E-state index contributed by atoms with van der Waals surface area (Å²) >= 11 is 5.99. The predicted octanol–water partition coefficient (Wildman–Crippen LogP) is 5.05. The van der Waals surface area contributed by atoms with Crippen molar-refractivity contribution in [1.82, 2.24) is 4.98 Å². The maximum absolute atomic E-state index is 12.5. The summed E-state index contributed by atoms with van der Waals surface area (Å²) < 4.78 is 5.64. The molecule has 1 unspecified atom stereocenters. The Bertz CT molecular complexity index is 846. The molecule has 4 nitrogen and oxygen atoms in total. The van der Waals surface area contributed by atoms with Crippen LogP contribution in [0.3, 0.4) is 0 Å². The first-order chi connectivity index (χ1) is 12.2. The minimum absolute atomic E-state index is 0.121. The van der Waals surface area contributed by atoms with Crippen LogP contribution in [0.15, 0.2) is 65.2 Å². The van der Waals surface area contributed by atoms with Crippen LogP contribution in [-0.4, -0.2) is 10.9 Å². The van der Waals surface area contributed by atoms with Gasteiger partial charge in [0.2, 0.25) is 5.91 Å². The third kappa shape index (κ3) is 4.48. The highest BCUT2D eigenvalue weighted by atomic mass is 35.5. The molecule has 0 spiro atoms. The van der Waals surface area contributed by atoms with Crippen molar-refractivity contribution in [2.24, 2.45) is 0 Å². The van der Waals surface area contributed by atoms with Crippen LogP contribution in [-0.2, 0) is 11.2 Å². The molecule has 25 heavy (non-hydrogen) atoms. The van der Waals surface area contributed by atoms with E-state index in [0.717, 1.165) is 11.1 Å². The number of carbonyl (C=O) groups is 1. The van der Waals surface area contributed by atoms with Crippen LogP contribution in [0.4, 0.5) is 6.01 Å². The van der Waals surface area contributed by atoms with E-state index in [1.807, 2.05) is 61.5 Å². The van der Waals surface area contributed by atoms with Crippen molar-refractivity contribution in [2.75, 3.05) is 5.32 Å². The number of aromatic nitrogens is 1. The van der Waals surface area contributed by atoms with Gasteiger partial charge in [-0.15, -0.1) is 0 Å². The van der Waals surface area contributed by atoms with Crippen molar-refractivity contribution >= 4 is 23.5 Å². The highest BCUT2D eigenvalue weighted by Crippen LogP contribution is 2.22. The molecule has 2 aromatic carbocycles. The zero-order valence-corrected chi connectivity index (χ0v) is 14.7. The quantitative estimate of drug-likeness (QED) is 0.673. The van der Waals surface area contributed by atoms with Crippen LogP contribution in [0.2, 0.25) is 5.02 Å². The van der Waals surface area contributed by atoms with Gasteiger partial charge in [-0.25, -0.2) is 4.98 Å². The molecular weight excluding hydrogens is 336 g/mol. The molecule has 1 atom stereocenters. The lowest BCUT2D eigenvalue weighted by Gasteiger charge is -2.13. The number of carbonyl (C=O) groups excluding carboxylic acids is 1. The Balaban J connectivity index is 1.67. The Morgan fingerprint density at radius 3 is 2.72 bits per heavy atom. The molecule has 3 aromatic rings. The fourth-order valence-electron chi connectivity index (χ4n) is 2.75. The Morgan fingerprint density at radius 2 is 2.00 bits per heavy atom. The molecule has 0 aliphatic rings. The third-order valence-corrected chi connectivity index (χ3v) is 4.21. The summed E-state index contributed by atoms with van der Waals surface area (Å²) in [5, 5.41) is 3.45. The topological polar surface area (TPSA) is 55.1 Å². The second-order valence-electron chi connectivity index (χ2n) is 5.80. The molecule has 1 N–H and O–H groups in total. The maximum Gasteiger partial charge on any atom is 0.301 e. The maximum atomic E-state index is 12.5. The lowest BCUT2D eigenvalue weighted by atomic mass is 9.96. The van der Waals surface area contributed by atoms with Gasteiger partial charge in [-0.05, 0) is 29.7 Å². The van der Waals surface area contributed by atoms with Crippen molar-refractivity contribution in [3.8, 4) is 0 Å². The fraction of sp³-hybridized carbons (Fsp3) is 0.200. The molecule has 128 valence electrons. The number of amides is 1. The van der Waals surface area contributed by atoms with E-state index in [4.69, 9.17) is 16.0 Å².